The fraction of sp³-hybridized carbons (Fsp3) is 0.421. The standard InChI is InChI=1S/C19H24N4O2/c1-3-11-20-18(24)13(2)21-19(25)17-12-16(14-9-10-14)22-23(17)15-7-5-4-6-8-15/h4-8,12-14H,3,9-11H2,1-2H3,(H,20,24)(H,21,25). The Hall–Kier alpha value is -2.63. The summed E-state index contributed by atoms with van der Waals surface area (Å²) in [7, 11) is 0. The molecule has 1 aromatic carbocycles. The summed E-state index contributed by atoms with van der Waals surface area (Å²) in [5.74, 6) is -0.0208. The summed E-state index contributed by atoms with van der Waals surface area (Å²) in [5.41, 5.74) is 2.24. The van der Waals surface area contributed by atoms with Crippen LogP contribution in [0.3, 0.4) is 0 Å². The van der Waals surface area contributed by atoms with Crippen molar-refractivity contribution in [3.63, 3.8) is 0 Å². The molecule has 1 saturated carbocycles. The Labute approximate surface area is 147 Å². The van der Waals surface area contributed by atoms with Gasteiger partial charge in [-0.25, -0.2) is 4.68 Å². The largest absolute Gasteiger partial charge is 0.354 e. The Morgan fingerprint density at radius 1 is 1.28 bits per heavy atom. The van der Waals surface area contributed by atoms with Crippen LogP contribution in [-0.4, -0.2) is 34.2 Å². The fourth-order valence-electron chi connectivity index (χ4n) is 2.64. The first-order valence-electron chi connectivity index (χ1n) is 8.84. The van der Waals surface area contributed by atoms with Gasteiger partial charge in [0.1, 0.15) is 11.7 Å². The fourth-order valence-corrected chi connectivity index (χ4v) is 2.64. The highest BCUT2D eigenvalue weighted by molar-refractivity contribution is 5.96. The van der Waals surface area contributed by atoms with E-state index in [0.717, 1.165) is 30.6 Å². The number of benzene rings is 1. The molecule has 1 heterocycles. The molecule has 2 amide bonds. The van der Waals surface area contributed by atoms with Crippen LogP contribution in [0.4, 0.5) is 0 Å². The number of hydrogen-bond acceptors (Lipinski definition) is 3. The van der Waals surface area contributed by atoms with Crippen molar-refractivity contribution in [2.45, 2.75) is 45.1 Å². The van der Waals surface area contributed by atoms with Crippen molar-refractivity contribution < 1.29 is 9.59 Å². The molecule has 132 valence electrons. The molecule has 1 atom stereocenters. The van der Waals surface area contributed by atoms with Crippen molar-refractivity contribution in [2.24, 2.45) is 0 Å². The number of carbonyl (C=O) groups excluding carboxylic acids is 2. The van der Waals surface area contributed by atoms with Gasteiger partial charge in [-0.2, -0.15) is 5.10 Å². The molecule has 1 aromatic heterocycles. The highest BCUT2D eigenvalue weighted by Crippen LogP contribution is 2.39. The molecule has 3 rings (SSSR count). The van der Waals surface area contributed by atoms with Gasteiger partial charge in [-0.15, -0.1) is 0 Å². The van der Waals surface area contributed by atoms with Gasteiger partial charge in [0, 0.05) is 12.5 Å². The van der Waals surface area contributed by atoms with E-state index in [-0.39, 0.29) is 11.8 Å². The van der Waals surface area contributed by atoms with E-state index < -0.39 is 6.04 Å². The lowest BCUT2D eigenvalue weighted by Crippen LogP contribution is -2.45. The maximum Gasteiger partial charge on any atom is 0.270 e. The van der Waals surface area contributed by atoms with Crippen LogP contribution in [0.5, 0.6) is 0 Å². The predicted molar refractivity (Wildman–Crippen MR) is 95.8 cm³/mol. The van der Waals surface area contributed by atoms with Gasteiger partial charge in [0.15, 0.2) is 0 Å². The van der Waals surface area contributed by atoms with Crippen LogP contribution in [0.1, 0.15) is 55.2 Å². The summed E-state index contributed by atoms with van der Waals surface area (Å²) < 4.78 is 1.67. The van der Waals surface area contributed by atoms with E-state index in [1.54, 1.807) is 11.6 Å². The average molecular weight is 340 g/mol. The van der Waals surface area contributed by atoms with Gasteiger partial charge in [-0.3, -0.25) is 9.59 Å². The molecule has 0 saturated heterocycles. The van der Waals surface area contributed by atoms with E-state index in [1.165, 1.54) is 0 Å². The molecule has 2 N–H and O–H groups in total. The van der Waals surface area contributed by atoms with Gasteiger partial charge < -0.3 is 10.6 Å². The molecule has 1 aliphatic carbocycles. The number of nitrogens with zero attached hydrogens (tertiary/aromatic N) is 2. The summed E-state index contributed by atoms with van der Waals surface area (Å²) in [5, 5.41) is 10.2. The highest BCUT2D eigenvalue weighted by atomic mass is 16.2. The number of rotatable bonds is 7. The average Bonchev–Trinajstić information content (AvgIpc) is 3.38. The maximum absolute atomic E-state index is 12.7. The van der Waals surface area contributed by atoms with Gasteiger partial charge >= 0.3 is 0 Å². The summed E-state index contributed by atoms with van der Waals surface area (Å²) in [6, 6.07) is 10.8. The van der Waals surface area contributed by atoms with Crippen molar-refractivity contribution in [3.8, 4) is 5.69 Å². The lowest BCUT2D eigenvalue weighted by Gasteiger charge is -2.14. The van der Waals surface area contributed by atoms with Crippen LogP contribution in [0, 0.1) is 0 Å². The molecule has 25 heavy (non-hydrogen) atoms. The smallest absolute Gasteiger partial charge is 0.270 e. The zero-order valence-corrected chi connectivity index (χ0v) is 14.7. The number of carbonyl (C=O) groups is 2. The maximum atomic E-state index is 12.7. The zero-order chi connectivity index (χ0) is 17.8. The minimum absolute atomic E-state index is 0.177. The molecular formula is C19H24N4O2. The second kappa shape index (κ2) is 7.51. The van der Waals surface area contributed by atoms with Gasteiger partial charge in [0.25, 0.3) is 5.91 Å². The first-order valence-corrected chi connectivity index (χ1v) is 8.84. The first-order chi connectivity index (χ1) is 12.1. The zero-order valence-electron chi connectivity index (χ0n) is 14.7. The number of para-hydroxylation sites is 1. The second-order valence-electron chi connectivity index (χ2n) is 6.46. The van der Waals surface area contributed by atoms with E-state index in [9.17, 15) is 9.59 Å². The van der Waals surface area contributed by atoms with Crippen LogP contribution in [-0.2, 0) is 4.79 Å². The van der Waals surface area contributed by atoms with E-state index in [4.69, 9.17) is 0 Å². The lowest BCUT2D eigenvalue weighted by atomic mass is 10.2. The highest BCUT2D eigenvalue weighted by Gasteiger charge is 2.29. The summed E-state index contributed by atoms with van der Waals surface area (Å²) >= 11 is 0. The van der Waals surface area contributed by atoms with Gasteiger partial charge in [-0.05, 0) is 44.4 Å². The second-order valence-corrected chi connectivity index (χ2v) is 6.46. The Morgan fingerprint density at radius 2 is 2.00 bits per heavy atom. The number of nitrogens with one attached hydrogen (secondary N) is 2. The van der Waals surface area contributed by atoms with E-state index >= 15 is 0 Å². The van der Waals surface area contributed by atoms with E-state index in [2.05, 4.69) is 15.7 Å². The molecule has 1 unspecified atom stereocenters. The van der Waals surface area contributed by atoms with Crippen molar-refractivity contribution >= 4 is 11.8 Å². The Morgan fingerprint density at radius 3 is 2.64 bits per heavy atom. The molecule has 1 fully saturated rings. The third-order valence-corrected chi connectivity index (χ3v) is 4.25. The minimum Gasteiger partial charge on any atom is -0.354 e. The molecule has 0 spiro atoms. The van der Waals surface area contributed by atoms with Crippen LogP contribution in [0.15, 0.2) is 36.4 Å². The molecule has 0 bridgehead atoms. The molecule has 6 nitrogen and oxygen atoms in total. The minimum atomic E-state index is -0.595. The SMILES string of the molecule is CCCNC(=O)C(C)NC(=O)c1cc(C2CC2)nn1-c1ccccc1. The van der Waals surface area contributed by atoms with Crippen molar-refractivity contribution in [1.29, 1.82) is 0 Å². The van der Waals surface area contributed by atoms with Gasteiger partial charge in [0.05, 0.1) is 11.4 Å². The van der Waals surface area contributed by atoms with Gasteiger partial charge in [-0.1, -0.05) is 25.1 Å². The molecule has 6 heteroatoms. The Kier molecular flexibility index (Phi) is 5.16. The molecule has 2 aromatic rings. The summed E-state index contributed by atoms with van der Waals surface area (Å²) in [6.07, 6.45) is 3.09. The van der Waals surface area contributed by atoms with Crippen LogP contribution < -0.4 is 10.6 Å². The van der Waals surface area contributed by atoms with Crippen LogP contribution >= 0.6 is 0 Å². The molecule has 0 radical (unpaired) electrons. The normalized spacial score (nSPS) is 14.8. The third kappa shape index (κ3) is 4.07. The first kappa shape index (κ1) is 17.2. The number of aromatic nitrogens is 2. The monoisotopic (exact) mass is 340 g/mol. The van der Waals surface area contributed by atoms with Crippen LogP contribution in [0.2, 0.25) is 0 Å². The summed E-state index contributed by atoms with van der Waals surface area (Å²) in [6.45, 7) is 4.28. The van der Waals surface area contributed by atoms with Crippen molar-refractivity contribution in [2.75, 3.05) is 6.54 Å². The third-order valence-electron chi connectivity index (χ3n) is 4.25. The van der Waals surface area contributed by atoms with Crippen molar-refractivity contribution in [1.82, 2.24) is 20.4 Å². The van der Waals surface area contributed by atoms with Gasteiger partial charge in [0.2, 0.25) is 5.91 Å². The number of hydrogen-bond donors (Lipinski definition) is 2. The molecular weight excluding hydrogens is 316 g/mol. The Balaban J connectivity index is 1.80. The molecule has 0 aliphatic heterocycles. The quantitative estimate of drug-likeness (QED) is 0.812. The number of amides is 2. The van der Waals surface area contributed by atoms with Crippen LogP contribution in [0.25, 0.3) is 5.69 Å². The predicted octanol–water partition coefficient (Wildman–Crippen LogP) is 2.39. The summed E-state index contributed by atoms with van der Waals surface area (Å²) in [4.78, 5) is 24.7. The van der Waals surface area contributed by atoms with Crippen molar-refractivity contribution in [3.05, 3.63) is 47.8 Å². The lowest BCUT2D eigenvalue weighted by molar-refractivity contribution is -0.122. The molecule has 1 aliphatic rings. The topological polar surface area (TPSA) is 76.0 Å². The van der Waals surface area contributed by atoms with E-state index in [0.29, 0.717) is 18.2 Å². The Bertz CT molecular complexity index is 750. The van der Waals surface area contributed by atoms with E-state index in [1.807, 2.05) is 43.3 Å².